The third kappa shape index (κ3) is 3.74. The Labute approximate surface area is 150 Å². The summed E-state index contributed by atoms with van der Waals surface area (Å²) < 4.78 is 21.5. The van der Waals surface area contributed by atoms with Crippen LogP contribution in [0, 0.1) is 6.92 Å². The van der Waals surface area contributed by atoms with Gasteiger partial charge in [-0.05, 0) is 37.6 Å². The van der Waals surface area contributed by atoms with Crippen molar-refractivity contribution in [1.82, 2.24) is 0 Å². The SMILES string of the molecule is COc1cc(Cl)c(C)cc1NC(=O)[C@@H](C)Oc1ccc2c(c1)OCO2. The molecule has 2 aromatic carbocycles. The van der Waals surface area contributed by atoms with E-state index in [1.54, 1.807) is 37.3 Å². The minimum atomic E-state index is -0.721. The lowest BCUT2D eigenvalue weighted by atomic mass is 10.2. The van der Waals surface area contributed by atoms with Crippen LogP contribution in [0.5, 0.6) is 23.0 Å². The van der Waals surface area contributed by atoms with Gasteiger partial charge in [0.2, 0.25) is 6.79 Å². The average Bonchev–Trinajstić information content (AvgIpc) is 3.05. The molecule has 1 N–H and O–H groups in total. The summed E-state index contributed by atoms with van der Waals surface area (Å²) in [5.41, 5.74) is 1.37. The molecule has 0 unspecified atom stereocenters. The van der Waals surface area contributed by atoms with Crippen LogP contribution in [0.15, 0.2) is 30.3 Å². The number of hydrogen-bond donors (Lipinski definition) is 1. The molecule has 1 aliphatic heterocycles. The minimum absolute atomic E-state index is 0.185. The van der Waals surface area contributed by atoms with Gasteiger partial charge in [0.1, 0.15) is 11.5 Å². The highest BCUT2D eigenvalue weighted by atomic mass is 35.5. The number of methoxy groups -OCH3 is 1. The Morgan fingerprint density at radius 2 is 2.00 bits per heavy atom. The Balaban J connectivity index is 1.70. The van der Waals surface area contributed by atoms with Crippen LogP contribution in [0.25, 0.3) is 0 Å². The van der Waals surface area contributed by atoms with Crippen LogP contribution in [-0.4, -0.2) is 25.9 Å². The van der Waals surface area contributed by atoms with Gasteiger partial charge < -0.3 is 24.3 Å². The average molecular weight is 364 g/mol. The molecule has 1 aliphatic rings. The number of carbonyl (C=O) groups is 1. The molecule has 0 aliphatic carbocycles. The summed E-state index contributed by atoms with van der Waals surface area (Å²) in [5.74, 6) is 1.95. The van der Waals surface area contributed by atoms with Crippen molar-refractivity contribution in [1.29, 1.82) is 0 Å². The second kappa shape index (κ2) is 7.11. The van der Waals surface area contributed by atoms with Gasteiger partial charge in [-0.15, -0.1) is 0 Å². The quantitative estimate of drug-likeness (QED) is 0.875. The number of carbonyl (C=O) groups excluding carboxylic acids is 1. The first-order chi connectivity index (χ1) is 12.0. The second-order valence-electron chi connectivity index (χ2n) is 5.57. The van der Waals surface area contributed by atoms with E-state index >= 15 is 0 Å². The molecular formula is C18H18ClNO5. The molecule has 0 fully saturated rings. The summed E-state index contributed by atoms with van der Waals surface area (Å²) in [5, 5.41) is 3.37. The zero-order chi connectivity index (χ0) is 18.0. The molecule has 0 bridgehead atoms. The second-order valence-corrected chi connectivity index (χ2v) is 5.97. The summed E-state index contributed by atoms with van der Waals surface area (Å²) in [4.78, 5) is 12.4. The molecule has 7 heteroatoms. The number of nitrogens with one attached hydrogen (secondary N) is 1. The zero-order valence-electron chi connectivity index (χ0n) is 14.1. The molecule has 2 aromatic rings. The molecule has 6 nitrogen and oxygen atoms in total. The fourth-order valence-electron chi connectivity index (χ4n) is 2.37. The normalized spacial score (nSPS) is 13.3. The Kier molecular flexibility index (Phi) is 4.90. The van der Waals surface area contributed by atoms with Gasteiger partial charge in [-0.2, -0.15) is 0 Å². The molecular weight excluding hydrogens is 346 g/mol. The number of fused-ring (bicyclic) bond motifs is 1. The predicted octanol–water partition coefficient (Wildman–Crippen LogP) is 3.79. The maximum absolute atomic E-state index is 12.4. The van der Waals surface area contributed by atoms with Gasteiger partial charge in [-0.1, -0.05) is 11.6 Å². The summed E-state index contributed by atoms with van der Waals surface area (Å²) in [6.07, 6.45) is -0.721. The summed E-state index contributed by atoms with van der Waals surface area (Å²) in [7, 11) is 1.52. The highest BCUT2D eigenvalue weighted by molar-refractivity contribution is 6.31. The van der Waals surface area contributed by atoms with Gasteiger partial charge in [0, 0.05) is 17.2 Å². The van der Waals surface area contributed by atoms with Crippen LogP contribution in [-0.2, 0) is 4.79 Å². The molecule has 0 saturated heterocycles. The molecule has 132 valence electrons. The summed E-state index contributed by atoms with van der Waals surface area (Å²) in [6.45, 7) is 3.70. The number of aryl methyl sites for hydroxylation is 1. The maximum atomic E-state index is 12.4. The van der Waals surface area contributed by atoms with E-state index in [9.17, 15) is 4.79 Å². The van der Waals surface area contributed by atoms with Crippen molar-refractivity contribution in [3.8, 4) is 23.0 Å². The molecule has 1 heterocycles. The van der Waals surface area contributed by atoms with Crippen molar-refractivity contribution < 1.29 is 23.7 Å². The van der Waals surface area contributed by atoms with Gasteiger partial charge in [0.25, 0.3) is 5.91 Å². The Bertz CT molecular complexity index is 808. The van der Waals surface area contributed by atoms with Gasteiger partial charge in [-0.25, -0.2) is 0 Å². The first-order valence-corrected chi connectivity index (χ1v) is 8.07. The van der Waals surface area contributed by atoms with Crippen LogP contribution in [0.3, 0.4) is 0 Å². The van der Waals surface area contributed by atoms with Crippen LogP contribution >= 0.6 is 11.6 Å². The highest BCUT2D eigenvalue weighted by Gasteiger charge is 2.20. The van der Waals surface area contributed by atoms with E-state index in [4.69, 9.17) is 30.5 Å². The molecule has 0 spiro atoms. The minimum Gasteiger partial charge on any atom is -0.495 e. The topological polar surface area (TPSA) is 66.0 Å². The maximum Gasteiger partial charge on any atom is 0.265 e. The molecule has 1 amide bonds. The standard InChI is InChI=1S/C18H18ClNO5/c1-10-6-14(16(22-3)8-13(10)19)20-18(21)11(2)25-12-4-5-15-17(7-12)24-9-23-15/h4-8,11H,9H2,1-3H3,(H,20,21)/t11-/m1/s1. The fraction of sp³-hybridized carbons (Fsp3) is 0.278. The van der Waals surface area contributed by atoms with Crippen LogP contribution in [0.2, 0.25) is 5.02 Å². The van der Waals surface area contributed by atoms with Crippen LogP contribution in [0.1, 0.15) is 12.5 Å². The Morgan fingerprint density at radius 1 is 1.24 bits per heavy atom. The monoisotopic (exact) mass is 363 g/mol. The smallest absolute Gasteiger partial charge is 0.265 e. The first-order valence-electron chi connectivity index (χ1n) is 7.69. The number of hydrogen-bond acceptors (Lipinski definition) is 5. The van der Waals surface area contributed by atoms with Gasteiger partial charge in [0.05, 0.1) is 12.8 Å². The van der Waals surface area contributed by atoms with Gasteiger partial charge in [0.15, 0.2) is 17.6 Å². The van der Waals surface area contributed by atoms with Crippen LogP contribution < -0.4 is 24.3 Å². The predicted molar refractivity (Wildman–Crippen MR) is 94.0 cm³/mol. The first kappa shape index (κ1) is 17.2. The molecule has 0 saturated carbocycles. The largest absolute Gasteiger partial charge is 0.495 e. The molecule has 3 rings (SSSR count). The number of amides is 1. The third-order valence-electron chi connectivity index (χ3n) is 3.76. The van der Waals surface area contributed by atoms with Crippen molar-refractivity contribution in [3.63, 3.8) is 0 Å². The summed E-state index contributed by atoms with van der Waals surface area (Å²) in [6, 6.07) is 8.58. The Hall–Kier alpha value is -2.60. The van der Waals surface area contributed by atoms with E-state index in [0.29, 0.717) is 33.7 Å². The molecule has 25 heavy (non-hydrogen) atoms. The lowest BCUT2D eigenvalue weighted by molar-refractivity contribution is -0.122. The summed E-state index contributed by atoms with van der Waals surface area (Å²) >= 11 is 6.08. The van der Waals surface area contributed by atoms with Crippen molar-refractivity contribution in [2.24, 2.45) is 0 Å². The number of ether oxygens (including phenoxy) is 4. The van der Waals surface area contributed by atoms with E-state index < -0.39 is 6.10 Å². The van der Waals surface area contributed by atoms with Gasteiger partial charge in [-0.3, -0.25) is 4.79 Å². The van der Waals surface area contributed by atoms with Crippen molar-refractivity contribution in [2.45, 2.75) is 20.0 Å². The zero-order valence-corrected chi connectivity index (χ0v) is 14.8. The number of halogens is 1. The molecule has 0 aromatic heterocycles. The molecule has 1 atom stereocenters. The van der Waals surface area contributed by atoms with Crippen molar-refractivity contribution in [3.05, 3.63) is 40.9 Å². The van der Waals surface area contributed by atoms with Gasteiger partial charge >= 0.3 is 0 Å². The lowest BCUT2D eigenvalue weighted by Gasteiger charge is -2.17. The van der Waals surface area contributed by atoms with Crippen molar-refractivity contribution in [2.75, 3.05) is 19.2 Å². The van der Waals surface area contributed by atoms with E-state index in [1.165, 1.54) is 7.11 Å². The number of anilines is 1. The van der Waals surface area contributed by atoms with E-state index in [2.05, 4.69) is 5.32 Å². The van der Waals surface area contributed by atoms with E-state index in [-0.39, 0.29) is 12.7 Å². The molecule has 0 radical (unpaired) electrons. The van der Waals surface area contributed by atoms with Crippen LogP contribution in [0.4, 0.5) is 5.69 Å². The lowest BCUT2D eigenvalue weighted by Crippen LogP contribution is -2.30. The van der Waals surface area contributed by atoms with Crippen molar-refractivity contribution >= 4 is 23.2 Å². The highest BCUT2D eigenvalue weighted by Crippen LogP contribution is 2.35. The number of benzene rings is 2. The van der Waals surface area contributed by atoms with E-state index in [0.717, 1.165) is 5.56 Å². The van der Waals surface area contributed by atoms with E-state index in [1.807, 2.05) is 6.92 Å². The fourth-order valence-corrected chi connectivity index (χ4v) is 2.53. The number of rotatable bonds is 5. The Morgan fingerprint density at radius 3 is 2.76 bits per heavy atom. The third-order valence-corrected chi connectivity index (χ3v) is 4.17.